The Balaban J connectivity index is 4.41. The summed E-state index contributed by atoms with van der Waals surface area (Å²) in [5.74, 6) is -2.38. The quantitative estimate of drug-likeness (QED) is 0.516. The zero-order valence-electron chi connectivity index (χ0n) is 14.2. The zero-order valence-corrected chi connectivity index (χ0v) is 15.2. The van der Waals surface area contributed by atoms with E-state index in [-0.39, 0.29) is 18.1 Å². The third kappa shape index (κ3) is 7.55. The highest BCUT2D eigenvalue weighted by Crippen LogP contribution is 2.36. The van der Waals surface area contributed by atoms with E-state index in [4.69, 9.17) is 9.53 Å². The number of carbonyl (C=O) groups excluding carboxylic acids is 2. The van der Waals surface area contributed by atoms with E-state index in [1.165, 1.54) is 6.92 Å². The second kappa shape index (κ2) is 8.28. The molecule has 0 aromatic rings. The number of ether oxygens (including phenoxy) is 1. The predicted molar refractivity (Wildman–Crippen MR) is 84.0 cm³/mol. The van der Waals surface area contributed by atoms with Gasteiger partial charge in [0.15, 0.2) is 14.9 Å². The molecule has 1 amide bonds. The molecule has 8 heteroatoms. The molecular formula is C14H27NO6Si. The average molecular weight is 333 g/mol. The molecule has 0 unspecified atom stereocenters. The van der Waals surface area contributed by atoms with Gasteiger partial charge < -0.3 is 19.6 Å². The van der Waals surface area contributed by atoms with E-state index in [1.807, 2.05) is 0 Å². The first kappa shape index (κ1) is 20.6. The van der Waals surface area contributed by atoms with E-state index in [9.17, 15) is 14.4 Å². The minimum absolute atomic E-state index is 0.0320. The number of hydrogen-bond acceptors (Lipinski definition) is 5. The molecule has 0 saturated heterocycles. The number of carboxylic acid groups (broad SMARTS) is 1. The van der Waals surface area contributed by atoms with E-state index < -0.39 is 38.8 Å². The number of carboxylic acids is 1. The van der Waals surface area contributed by atoms with E-state index in [0.717, 1.165) is 0 Å². The molecule has 0 rings (SSSR count). The Bertz CT molecular complexity index is 416. The second-order valence-corrected chi connectivity index (χ2v) is 11.4. The third-order valence-corrected chi connectivity index (χ3v) is 8.25. The highest BCUT2D eigenvalue weighted by Gasteiger charge is 2.37. The van der Waals surface area contributed by atoms with E-state index in [1.54, 1.807) is 0 Å². The maximum atomic E-state index is 11.5. The van der Waals surface area contributed by atoms with Crippen LogP contribution in [0.25, 0.3) is 0 Å². The molecule has 7 nitrogen and oxygen atoms in total. The van der Waals surface area contributed by atoms with Crippen LogP contribution < -0.4 is 5.32 Å². The fourth-order valence-corrected chi connectivity index (χ4v) is 2.37. The van der Waals surface area contributed by atoms with Crippen LogP contribution in [0.3, 0.4) is 0 Å². The van der Waals surface area contributed by atoms with Crippen LogP contribution in [0.1, 0.15) is 34.1 Å². The zero-order chi connectivity index (χ0) is 17.6. The minimum atomic E-state index is -1.95. The Kier molecular flexibility index (Phi) is 7.75. The summed E-state index contributed by atoms with van der Waals surface area (Å²) < 4.78 is 10.4. The van der Waals surface area contributed by atoms with Crippen LogP contribution in [0.2, 0.25) is 18.1 Å². The van der Waals surface area contributed by atoms with Gasteiger partial charge in [-0.15, -0.1) is 0 Å². The smallest absolute Gasteiger partial charge is 0.326 e. The highest BCUT2D eigenvalue weighted by molar-refractivity contribution is 6.74. The van der Waals surface area contributed by atoms with Gasteiger partial charge in [-0.05, 0) is 18.1 Å². The number of hydrogen-bond donors (Lipinski definition) is 2. The fraction of sp³-hybridized carbons (Fsp3) is 0.786. The van der Waals surface area contributed by atoms with Gasteiger partial charge in [0.05, 0.1) is 0 Å². The first-order valence-electron chi connectivity index (χ1n) is 7.16. The molecule has 0 radical (unpaired) electrons. The van der Waals surface area contributed by atoms with E-state index in [2.05, 4.69) is 43.9 Å². The summed E-state index contributed by atoms with van der Waals surface area (Å²) in [6.07, 6.45) is 0.160. The van der Waals surface area contributed by atoms with Crippen LogP contribution in [0.5, 0.6) is 0 Å². The van der Waals surface area contributed by atoms with Gasteiger partial charge in [-0.1, -0.05) is 20.8 Å². The van der Waals surface area contributed by atoms with Crippen LogP contribution in [-0.2, 0) is 23.5 Å². The van der Waals surface area contributed by atoms with Crippen molar-refractivity contribution in [2.75, 3.05) is 13.2 Å². The van der Waals surface area contributed by atoms with Crippen molar-refractivity contribution in [3.63, 3.8) is 0 Å². The van der Waals surface area contributed by atoms with Crippen LogP contribution in [-0.4, -0.2) is 50.5 Å². The maximum Gasteiger partial charge on any atom is 0.326 e. The lowest BCUT2D eigenvalue weighted by molar-refractivity contribution is -0.148. The highest BCUT2D eigenvalue weighted by atomic mass is 28.4. The van der Waals surface area contributed by atoms with Gasteiger partial charge in [0.25, 0.3) is 5.91 Å². The Labute approximate surface area is 132 Å². The average Bonchev–Trinajstić information content (AvgIpc) is 2.33. The largest absolute Gasteiger partial charge is 0.480 e. The molecule has 1 atom stereocenters. The molecule has 0 bridgehead atoms. The molecule has 0 aliphatic rings. The Morgan fingerprint density at radius 3 is 2.18 bits per heavy atom. The number of carbonyl (C=O) groups is 3. The molecule has 0 aliphatic heterocycles. The van der Waals surface area contributed by atoms with E-state index >= 15 is 0 Å². The van der Waals surface area contributed by atoms with Gasteiger partial charge in [-0.25, -0.2) is 4.79 Å². The molecule has 0 spiro atoms. The molecule has 0 aliphatic carbocycles. The van der Waals surface area contributed by atoms with Crippen molar-refractivity contribution in [3.05, 3.63) is 0 Å². The summed E-state index contributed by atoms with van der Waals surface area (Å²) in [7, 11) is -1.95. The van der Waals surface area contributed by atoms with Crippen molar-refractivity contribution in [1.29, 1.82) is 0 Å². The number of rotatable bonds is 8. The lowest BCUT2D eigenvalue weighted by atomic mass is 10.2. The van der Waals surface area contributed by atoms with Gasteiger partial charge in [0, 0.05) is 20.0 Å². The lowest BCUT2D eigenvalue weighted by Crippen LogP contribution is -2.45. The molecule has 0 aromatic carbocycles. The van der Waals surface area contributed by atoms with Gasteiger partial charge >= 0.3 is 11.9 Å². The van der Waals surface area contributed by atoms with Crippen LogP contribution in [0.15, 0.2) is 0 Å². The molecule has 0 fully saturated rings. The van der Waals surface area contributed by atoms with E-state index in [0.29, 0.717) is 0 Å². The molecule has 0 saturated carbocycles. The van der Waals surface area contributed by atoms with Crippen LogP contribution in [0, 0.1) is 0 Å². The van der Waals surface area contributed by atoms with Crippen molar-refractivity contribution in [2.45, 2.75) is 58.3 Å². The van der Waals surface area contributed by atoms with Gasteiger partial charge in [-0.3, -0.25) is 9.59 Å². The SMILES string of the molecule is CC(=O)OCC(=O)N[C@H](CCO[Si](C)(C)C(C)(C)C)C(=O)O. The van der Waals surface area contributed by atoms with Crippen molar-refractivity contribution < 1.29 is 28.7 Å². The Morgan fingerprint density at radius 1 is 1.23 bits per heavy atom. The minimum Gasteiger partial charge on any atom is -0.480 e. The van der Waals surface area contributed by atoms with Gasteiger partial charge in [0.1, 0.15) is 6.04 Å². The predicted octanol–water partition coefficient (Wildman–Crippen LogP) is 1.53. The summed E-state index contributed by atoms with van der Waals surface area (Å²) in [6, 6.07) is -1.06. The monoisotopic (exact) mass is 333 g/mol. The third-order valence-electron chi connectivity index (χ3n) is 3.72. The van der Waals surface area contributed by atoms with Crippen LogP contribution in [0.4, 0.5) is 0 Å². The van der Waals surface area contributed by atoms with Gasteiger partial charge in [-0.2, -0.15) is 0 Å². The number of esters is 1. The molecular weight excluding hydrogens is 306 g/mol. The summed E-state index contributed by atoms with van der Waals surface area (Å²) in [5.41, 5.74) is 0. The lowest BCUT2D eigenvalue weighted by Gasteiger charge is -2.36. The van der Waals surface area contributed by atoms with Crippen molar-refractivity contribution in [1.82, 2.24) is 5.32 Å². The Morgan fingerprint density at radius 2 is 1.77 bits per heavy atom. The maximum absolute atomic E-state index is 11.5. The standard InChI is InChI=1S/C14H27NO6Si/c1-10(16)20-9-12(17)15-11(13(18)19)7-8-21-22(5,6)14(2,3)4/h11H,7-9H2,1-6H3,(H,15,17)(H,18,19)/t11-/m1/s1. The molecule has 0 aromatic heterocycles. The Hall–Kier alpha value is -1.41. The molecule has 0 heterocycles. The summed E-state index contributed by atoms with van der Waals surface area (Å²) >= 11 is 0. The van der Waals surface area contributed by atoms with Crippen LogP contribution >= 0.6 is 0 Å². The second-order valence-electron chi connectivity index (χ2n) is 6.64. The fourth-order valence-electron chi connectivity index (χ4n) is 1.31. The van der Waals surface area contributed by atoms with Gasteiger partial charge in [0.2, 0.25) is 0 Å². The number of amides is 1. The first-order chi connectivity index (χ1) is 9.86. The number of nitrogens with one attached hydrogen (secondary N) is 1. The normalized spacial score (nSPS) is 13.4. The first-order valence-corrected chi connectivity index (χ1v) is 10.1. The molecule has 128 valence electrons. The number of aliphatic carboxylic acids is 1. The van der Waals surface area contributed by atoms with Crippen molar-refractivity contribution in [3.8, 4) is 0 Å². The summed E-state index contributed by atoms with van der Waals surface area (Å²) in [6.45, 7) is 11.4. The summed E-state index contributed by atoms with van der Waals surface area (Å²) in [4.78, 5) is 33.3. The van der Waals surface area contributed by atoms with Crippen molar-refractivity contribution in [2.24, 2.45) is 0 Å². The van der Waals surface area contributed by atoms with Crippen molar-refractivity contribution >= 4 is 26.2 Å². The molecule has 22 heavy (non-hydrogen) atoms. The molecule has 2 N–H and O–H groups in total. The summed E-state index contributed by atoms with van der Waals surface area (Å²) in [5, 5.41) is 11.5. The topological polar surface area (TPSA) is 102 Å².